The van der Waals surface area contributed by atoms with E-state index in [4.69, 9.17) is 18.9 Å². The van der Waals surface area contributed by atoms with Gasteiger partial charge in [0.1, 0.15) is 36.8 Å². The maximum atomic E-state index is 12.8. The fourth-order valence-electron chi connectivity index (χ4n) is 7.25. The van der Waals surface area contributed by atoms with Gasteiger partial charge in [-0.2, -0.15) is 8.42 Å². The van der Waals surface area contributed by atoms with Crippen LogP contribution in [-0.2, 0) is 38.7 Å². The molecule has 13 heteroatoms. The van der Waals surface area contributed by atoms with Gasteiger partial charge >= 0.3 is 11.9 Å². The molecule has 0 amide bonds. The van der Waals surface area contributed by atoms with Crippen LogP contribution in [0.2, 0.25) is 0 Å². The molecule has 12 nitrogen and oxygen atoms in total. The van der Waals surface area contributed by atoms with Crippen molar-refractivity contribution >= 4 is 22.1 Å². The van der Waals surface area contributed by atoms with Gasteiger partial charge in [-0.15, -0.1) is 0 Å². The van der Waals surface area contributed by atoms with Crippen LogP contribution in [0.3, 0.4) is 0 Å². The predicted octanol–water partition coefficient (Wildman–Crippen LogP) is 10.0. The molecule has 352 valence electrons. The van der Waals surface area contributed by atoms with Gasteiger partial charge in [0.05, 0.1) is 6.61 Å². The first-order valence-electron chi connectivity index (χ1n) is 23.9. The summed E-state index contributed by atoms with van der Waals surface area (Å²) in [4.78, 5) is 25.4. The average Bonchev–Trinajstić information content (AvgIpc) is 3.21. The van der Waals surface area contributed by atoms with Crippen LogP contribution in [0.15, 0.2) is 24.3 Å². The Labute approximate surface area is 364 Å². The molecule has 60 heavy (non-hydrogen) atoms. The lowest BCUT2D eigenvalue weighted by molar-refractivity contribution is -0.297. The molecule has 0 spiro atoms. The van der Waals surface area contributed by atoms with E-state index in [1.54, 1.807) is 0 Å². The van der Waals surface area contributed by atoms with Gasteiger partial charge in [0.2, 0.25) is 0 Å². The van der Waals surface area contributed by atoms with E-state index in [1.165, 1.54) is 109 Å². The predicted molar refractivity (Wildman–Crippen MR) is 238 cm³/mol. The van der Waals surface area contributed by atoms with Crippen molar-refractivity contribution in [3.05, 3.63) is 24.3 Å². The van der Waals surface area contributed by atoms with Crippen molar-refractivity contribution in [1.29, 1.82) is 0 Å². The molecule has 0 bridgehead atoms. The number of esters is 2. The van der Waals surface area contributed by atoms with Crippen LogP contribution < -0.4 is 0 Å². The molecule has 1 aliphatic rings. The lowest BCUT2D eigenvalue weighted by Crippen LogP contribution is -2.60. The molecule has 1 saturated heterocycles. The van der Waals surface area contributed by atoms with E-state index >= 15 is 0 Å². The first kappa shape index (κ1) is 56.1. The molecule has 1 aliphatic heterocycles. The second kappa shape index (κ2) is 37.7. The van der Waals surface area contributed by atoms with Gasteiger partial charge in [-0.3, -0.25) is 14.1 Å². The number of hydrogen-bond donors (Lipinski definition) is 4. The maximum absolute atomic E-state index is 12.8. The van der Waals surface area contributed by atoms with Crippen LogP contribution in [0.1, 0.15) is 206 Å². The molecule has 0 radical (unpaired) electrons. The summed E-state index contributed by atoms with van der Waals surface area (Å²) < 4.78 is 54.1. The summed E-state index contributed by atoms with van der Waals surface area (Å²) in [5.41, 5.74) is 0. The molecule has 1 heterocycles. The van der Waals surface area contributed by atoms with Crippen molar-refractivity contribution < 1.29 is 56.8 Å². The van der Waals surface area contributed by atoms with Crippen LogP contribution in [-0.4, -0.2) is 96.0 Å². The van der Waals surface area contributed by atoms with E-state index in [-0.39, 0.29) is 19.4 Å². The Morgan fingerprint density at radius 1 is 0.550 bits per heavy atom. The minimum absolute atomic E-state index is 0.160. The molecule has 6 atom stereocenters. The van der Waals surface area contributed by atoms with E-state index in [0.29, 0.717) is 12.8 Å². The third kappa shape index (κ3) is 31.9. The van der Waals surface area contributed by atoms with E-state index in [1.807, 2.05) is 0 Å². The van der Waals surface area contributed by atoms with Gasteiger partial charge in [0.25, 0.3) is 10.1 Å². The smallest absolute Gasteiger partial charge is 0.306 e. The number of carbonyl (C=O) groups is 2. The quantitative estimate of drug-likeness (QED) is 0.0198. The zero-order valence-corrected chi connectivity index (χ0v) is 38.4. The topological polar surface area (TPSA) is 186 Å². The molecule has 0 aliphatic carbocycles. The van der Waals surface area contributed by atoms with Gasteiger partial charge in [-0.1, -0.05) is 154 Å². The number of hydrogen-bond acceptors (Lipinski definition) is 11. The van der Waals surface area contributed by atoms with Gasteiger partial charge in [0, 0.05) is 12.8 Å². The van der Waals surface area contributed by atoms with Crippen molar-refractivity contribution in [2.45, 2.75) is 243 Å². The Morgan fingerprint density at radius 3 is 1.40 bits per heavy atom. The summed E-state index contributed by atoms with van der Waals surface area (Å²) in [6, 6.07) is 0. The fraction of sp³-hybridized carbons (Fsp3) is 0.872. The highest BCUT2D eigenvalue weighted by Gasteiger charge is 2.46. The van der Waals surface area contributed by atoms with Crippen molar-refractivity contribution in [2.75, 3.05) is 19.0 Å². The lowest BCUT2D eigenvalue weighted by atomic mass is 10.00. The Kier molecular flexibility index (Phi) is 35.2. The first-order chi connectivity index (χ1) is 29.0. The molecule has 4 N–H and O–H groups in total. The minimum Gasteiger partial charge on any atom is -0.462 e. The van der Waals surface area contributed by atoms with Crippen molar-refractivity contribution in [3.8, 4) is 0 Å². The SMILES string of the molecule is CCCCCC/C=C/CCCCCCCCCC(=O)OC[C@H](CO[C@H]1O[C@H](CS(=O)(=O)O)[C@@H](O)C(O)C1O)OC(=O)CCCCCCCCC/C=C/CCCCCCCC. The molecule has 2 unspecified atom stereocenters. The maximum Gasteiger partial charge on any atom is 0.306 e. The minimum atomic E-state index is -4.60. The summed E-state index contributed by atoms with van der Waals surface area (Å²) in [5.74, 6) is -1.99. The summed E-state index contributed by atoms with van der Waals surface area (Å²) >= 11 is 0. The highest BCUT2D eigenvalue weighted by Crippen LogP contribution is 2.24. The Bertz CT molecular complexity index is 1210. The Morgan fingerprint density at radius 2 is 0.950 bits per heavy atom. The number of aliphatic hydroxyl groups excluding tert-OH is 3. The lowest BCUT2D eigenvalue weighted by Gasteiger charge is -2.40. The average molecular weight is 875 g/mol. The summed E-state index contributed by atoms with van der Waals surface area (Å²) in [7, 11) is -4.60. The van der Waals surface area contributed by atoms with E-state index in [0.717, 1.165) is 57.8 Å². The highest BCUT2D eigenvalue weighted by atomic mass is 32.2. The number of aliphatic hydroxyl groups is 3. The van der Waals surface area contributed by atoms with Crippen molar-refractivity contribution in [2.24, 2.45) is 0 Å². The zero-order chi connectivity index (χ0) is 44.1. The monoisotopic (exact) mass is 875 g/mol. The molecule has 0 aromatic carbocycles. The van der Waals surface area contributed by atoms with Crippen molar-refractivity contribution in [3.63, 3.8) is 0 Å². The summed E-state index contributed by atoms with van der Waals surface area (Å²) in [6.45, 7) is 3.75. The van der Waals surface area contributed by atoms with Gasteiger partial charge in [-0.05, 0) is 64.2 Å². The Hall–Kier alpha value is -1.87. The van der Waals surface area contributed by atoms with Crippen LogP contribution in [0.4, 0.5) is 0 Å². The van der Waals surface area contributed by atoms with Gasteiger partial charge in [0.15, 0.2) is 12.4 Å². The van der Waals surface area contributed by atoms with Crippen LogP contribution >= 0.6 is 0 Å². The van der Waals surface area contributed by atoms with Crippen LogP contribution in [0.5, 0.6) is 0 Å². The molecule has 0 saturated carbocycles. The molecular weight excluding hydrogens is 789 g/mol. The second-order valence-corrected chi connectivity index (χ2v) is 18.3. The molecule has 0 aromatic heterocycles. The van der Waals surface area contributed by atoms with E-state index in [2.05, 4.69) is 38.2 Å². The normalized spacial score (nSPS) is 20.3. The number of unbranched alkanes of at least 4 members (excludes halogenated alkanes) is 24. The molecule has 1 rings (SSSR count). The molecule has 0 aromatic rings. The number of allylic oxidation sites excluding steroid dienone is 4. The number of ether oxygens (including phenoxy) is 4. The first-order valence-corrected chi connectivity index (χ1v) is 25.5. The molecule has 1 fully saturated rings. The van der Waals surface area contributed by atoms with Crippen molar-refractivity contribution in [1.82, 2.24) is 0 Å². The standard InChI is InChI=1S/C47H86O12S/c1-3-5-7-9-11-13-15-17-19-20-22-24-26-28-30-32-34-36-43(49)58-40(38-57-47-46(52)45(51)44(50)41(59-47)39-60(53,54)55)37-56-42(48)35-33-31-29-27-25-23-21-18-16-14-12-10-8-6-4-2/h14,16-17,19,40-41,44-47,50-52H,3-13,15,18,20-39H2,1-2H3,(H,53,54,55)/b16-14+,19-17+/t40-,41-,44-,45?,46?,47+/m1/s1. The summed E-state index contributed by atoms with van der Waals surface area (Å²) in [5, 5.41) is 30.9. The fourth-order valence-corrected chi connectivity index (χ4v) is 7.95. The molecular formula is C47H86O12S. The zero-order valence-electron chi connectivity index (χ0n) is 37.6. The highest BCUT2D eigenvalue weighted by molar-refractivity contribution is 7.85. The second-order valence-electron chi connectivity index (χ2n) is 16.8. The summed E-state index contributed by atoms with van der Waals surface area (Å²) in [6.07, 6.45) is 32.1. The van der Waals surface area contributed by atoms with E-state index < -0.39 is 71.2 Å². The third-order valence-electron chi connectivity index (χ3n) is 11.0. The van der Waals surface area contributed by atoms with Crippen LogP contribution in [0, 0.1) is 0 Å². The van der Waals surface area contributed by atoms with E-state index in [9.17, 15) is 37.9 Å². The van der Waals surface area contributed by atoms with Gasteiger partial charge < -0.3 is 34.3 Å². The largest absolute Gasteiger partial charge is 0.462 e. The van der Waals surface area contributed by atoms with Gasteiger partial charge in [-0.25, -0.2) is 0 Å². The number of carbonyl (C=O) groups excluding carboxylic acids is 2. The van der Waals surface area contributed by atoms with Crippen LogP contribution in [0.25, 0.3) is 0 Å². The Balaban J connectivity index is 2.42. The third-order valence-corrected chi connectivity index (χ3v) is 11.8. The number of rotatable bonds is 40.